The van der Waals surface area contributed by atoms with Crippen LogP contribution in [0.2, 0.25) is 0 Å². The first kappa shape index (κ1) is 16.9. The molecule has 0 aromatic carbocycles. The van der Waals surface area contributed by atoms with E-state index in [4.69, 9.17) is 9.47 Å². The second-order valence-corrected chi connectivity index (χ2v) is 8.91. The molecule has 0 fully saturated rings. The van der Waals surface area contributed by atoms with E-state index in [0.717, 1.165) is 22.3 Å². The second-order valence-electron chi connectivity index (χ2n) is 6.89. The lowest BCUT2D eigenvalue weighted by Crippen LogP contribution is -2.31. The molecule has 0 saturated heterocycles. The average molecular weight is 404 g/mol. The number of aromatic nitrogens is 6. The number of fused-ring (bicyclic) bond motifs is 8. The summed E-state index contributed by atoms with van der Waals surface area (Å²) in [5.74, 6) is 0.423. The third-order valence-corrected chi connectivity index (χ3v) is 6.69. The molecule has 0 amide bonds. The van der Waals surface area contributed by atoms with Crippen molar-refractivity contribution in [3.05, 3.63) is 16.8 Å². The minimum atomic E-state index is -0.310. The summed E-state index contributed by atoms with van der Waals surface area (Å²) in [5, 5.41) is 14.6. The molecule has 0 atom stereocenters. The van der Waals surface area contributed by atoms with Crippen molar-refractivity contribution in [3.8, 4) is 0 Å². The van der Waals surface area contributed by atoms with Crippen molar-refractivity contribution in [1.29, 1.82) is 0 Å². The van der Waals surface area contributed by atoms with E-state index in [2.05, 4.69) is 34.1 Å². The van der Waals surface area contributed by atoms with Gasteiger partial charge >= 0.3 is 5.97 Å². The highest BCUT2D eigenvalue weighted by atomic mass is 32.2. The zero-order valence-electron chi connectivity index (χ0n) is 14.9. The molecule has 4 aromatic rings. The highest BCUT2D eigenvalue weighted by molar-refractivity contribution is 7.99. The summed E-state index contributed by atoms with van der Waals surface area (Å²) in [6.07, 6.45) is 2.32. The summed E-state index contributed by atoms with van der Waals surface area (Å²) in [5.41, 5.74) is 1.77. The van der Waals surface area contributed by atoms with Crippen LogP contribution in [0.4, 0.5) is 0 Å². The molecule has 0 radical (unpaired) electrons. The number of carbonyl (C=O) groups is 1. The number of carbonyl (C=O) groups excluding carboxylic acids is 1. The molecule has 0 bridgehead atoms. The van der Waals surface area contributed by atoms with Gasteiger partial charge in [0.15, 0.2) is 10.8 Å². The van der Waals surface area contributed by atoms with Crippen molar-refractivity contribution in [2.75, 3.05) is 12.9 Å². The van der Waals surface area contributed by atoms with Crippen LogP contribution < -0.4 is 0 Å². The smallest absolute Gasteiger partial charge is 0.316 e. The summed E-state index contributed by atoms with van der Waals surface area (Å²) in [7, 11) is 1.37. The monoisotopic (exact) mass is 404 g/mol. The van der Waals surface area contributed by atoms with Crippen LogP contribution >= 0.6 is 23.1 Å². The fourth-order valence-corrected chi connectivity index (χ4v) is 5.39. The predicted octanol–water partition coefficient (Wildman–Crippen LogP) is 2.10. The summed E-state index contributed by atoms with van der Waals surface area (Å²) in [6.45, 7) is 4.75. The number of ether oxygens (including phenoxy) is 2. The number of nitrogens with zero attached hydrogens (tertiary/aromatic N) is 6. The fourth-order valence-electron chi connectivity index (χ4n) is 3.34. The Morgan fingerprint density at radius 1 is 1.44 bits per heavy atom. The van der Waals surface area contributed by atoms with Gasteiger partial charge in [0.2, 0.25) is 0 Å². The summed E-state index contributed by atoms with van der Waals surface area (Å²) in [6, 6.07) is 0. The van der Waals surface area contributed by atoms with Crippen LogP contribution in [-0.4, -0.2) is 53.6 Å². The topological polar surface area (TPSA) is 95.9 Å². The first-order valence-corrected chi connectivity index (χ1v) is 10.1. The van der Waals surface area contributed by atoms with E-state index < -0.39 is 0 Å². The van der Waals surface area contributed by atoms with Crippen molar-refractivity contribution >= 4 is 50.7 Å². The summed E-state index contributed by atoms with van der Waals surface area (Å²) in [4.78, 5) is 18.2. The Hall–Kier alpha value is -2.24. The molecule has 0 saturated carbocycles. The zero-order chi connectivity index (χ0) is 18.8. The Morgan fingerprint density at radius 2 is 2.30 bits per heavy atom. The van der Waals surface area contributed by atoms with Crippen LogP contribution in [0.3, 0.4) is 0 Å². The Labute approximate surface area is 161 Å². The summed E-state index contributed by atoms with van der Waals surface area (Å²) < 4.78 is 14.4. The Morgan fingerprint density at radius 3 is 3.11 bits per heavy atom. The van der Waals surface area contributed by atoms with Crippen molar-refractivity contribution in [3.63, 3.8) is 0 Å². The molecular weight excluding hydrogens is 388 g/mol. The molecule has 11 heteroatoms. The number of hydrogen-bond acceptors (Lipinski definition) is 9. The fraction of sp³-hybridized carbons (Fsp3) is 0.438. The highest BCUT2D eigenvalue weighted by Gasteiger charge is 2.32. The van der Waals surface area contributed by atoms with Crippen LogP contribution in [0.15, 0.2) is 11.5 Å². The molecule has 5 rings (SSSR count). The average Bonchev–Trinajstić information content (AvgIpc) is 3.34. The van der Waals surface area contributed by atoms with Crippen molar-refractivity contribution in [2.24, 2.45) is 0 Å². The quantitative estimate of drug-likeness (QED) is 0.378. The van der Waals surface area contributed by atoms with Gasteiger partial charge in [-0.15, -0.1) is 21.5 Å². The maximum Gasteiger partial charge on any atom is 0.316 e. The summed E-state index contributed by atoms with van der Waals surface area (Å²) >= 11 is 2.94. The van der Waals surface area contributed by atoms with Crippen molar-refractivity contribution < 1.29 is 14.3 Å². The Kier molecular flexibility index (Phi) is 3.68. The number of hydrogen-bond donors (Lipinski definition) is 0. The van der Waals surface area contributed by atoms with Gasteiger partial charge in [0.1, 0.15) is 11.2 Å². The third kappa shape index (κ3) is 2.52. The van der Waals surface area contributed by atoms with E-state index in [9.17, 15) is 4.79 Å². The number of methoxy groups -OCH3 is 1. The molecule has 0 N–H and O–H groups in total. The van der Waals surface area contributed by atoms with Gasteiger partial charge in [0, 0.05) is 11.3 Å². The molecule has 1 aliphatic rings. The number of thioether (sulfide) groups is 1. The van der Waals surface area contributed by atoms with Gasteiger partial charge in [0.25, 0.3) is 5.78 Å². The number of esters is 1. The van der Waals surface area contributed by atoms with Crippen molar-refractivity contribution in [2.45, 2.75) is 37.6 Å². The Balaban J connectivity index is 1.80. The molecule has 140 valence electrons. The second kappa shape index (κ2) is 5.88. The predicted molar refractivity (Wildman–Crippen MR) is 100 cm³/mol. The van der Waals surface area contributed by atoms with Crippen LogP contribution in [-0.2, 0) is 27.3 Å². The third-order valence-electron chi connectivity index (χ3n) is 4.60. The highest BCUT2D eigenvalue weighted by Crippen LogP contribution is 2.41. The van der Waals surface area contributed by atoms with Gasteiger partial charge in [-0.05, 0) is 19.4 Å². The van der Waals surface area contributed by atoms with Crippen LogP contribution in [0.25, 0.3) is 21.6 Å². The van der Waals surface area contributed by atoms with E-state index in [-0.39, 0.29) is 17.3 Å². The Bertz CT molecular complexity index is 1210. The lowest BCUT2D eigenvalue weighted by Gasteiger charge is -2.30. The van der Waals surface area contributed by atoms with Gasteiger partial charge in [-0.25, -0.2) is 9.38 Å². The molecule has 0 aliphatic carbocycles. The molecule has 9 nitrogen and oxygen atoms in total. The maximum absolute atomic E-state index is 11.6. The molecule has 4 aromatic heterocycles. The van der Waals surface area contributed by atoms with Gasteiger partial charge < -0.3 is 9.47 Å². The van der Waals surface area contributed by atoms with Gasteiger partial charge in [-0.2, -0.15) is 9.61 Å². The first-order chi connectivity index (χ1) is 13.0. The van der Waals surface area contributed by atoms with E-state index in [1.54, 1.807) is 15.9 Å². The van der Waals surface area contributed by atoms with Gasteiger partial charge in [-0.1, -0.05) is 11.8 Å². The van der Waals surface area contributed by atoms with Crippen molar-refractivity contribution in [1.82, 2.24) is 29.2 Å². The van der Waals surface area contributed by atoms with E-state index in [1.807, 2.05) is 4.40 Å². The molecule has 0 spiro atoms. The first-order valence-electron chi connectivity index (χ1n) is 8.33. The standard InChI is InChI=1S/C16H16N6O3S2/c1-16(2)4-8-9(5-25-16)27-13-11(8)12-17-7-18-22(12)14-19-20-15(21(13)14)26-6-10(23)24-3/h7H,4-6H2,1-3H3. The molecule has 27 heavy (non-hydrogen) atoms. The minimum Gasteiger partial charge on any atom is -0.468 e. The molecule has 1 aliphatic heterocycles. The van der Waals surface area contributed by atoms with Crippen LogP contribution in [0.5, 0.6) is 0 Å². The largest absolute Gasteiger partial charge is 0.468 e. The van der Waals surface area contributed by atoms with E-state index in [0.29, 0.717) is 17.5 Å². The van der Waals surface area contributed by atoms with E-state index in [1.165, 1.54) is 35.6 Å². The number of rotatable bonds is 3. The lowest BCUT2D eigenvalue weighted by molar-refractivity contribution is -0.137. The lowest BCUT2D eigenvalue weighted by atomic mass is 9.94. The van der Waals surface area contributed by atoms with Gasteiger partial charge in [-0.3, -0.25) is 4.79 Å². The molecule has 0 unspecified atom stereocenters. The van der Waals surface area contributed by atoms with Gasteiger partial charge in [0.05, 0.1) is 30.5 Å². The maximum atomic E-state index is 11.6. The normalized spacial score (nSPS) is 16.3. The van der Waals surface area contributed by atoms with Crippen LogP contribution in [0.1, 0.15) is 24.3 Å². The SMILES string of the molecule is COC(=O)CSc1nnc2n3ncnc3c3c4c(sc3n12)COC(C)(C)C4. The number of thiophene rings is 1. The minimum absolute atomic E-state index is 0.162. The molecular formula is C16H16N6O3S2. The zero-order valence-corrected chi connectivity index (χ0v) is 16.6. The van der Waals surface area contributed by atoms with Crippen LogP contribution in [0, 0.1) is 0 Å². The molecule has 5 heterocycles. The van der Waals surface area contributed by atoms with E-state index >= 15 is 0 Å².